The molecule has 0 atom stereocenters. The van der Waals surface area contributed by atoms with E-state index in [0.29, 0.717) is 4.64 Å². The van der Waals surface area contributed by atoms with Crippen molar-refractivity contribution >= 4 is 23.3 Å². The third kappa shape index (κ3) is 1.93. The number of aromatic nitrogens is 4. The molecule has 0 saturated carbocycles. The van der Waals surface area contributed by atoms with E-state index in [9.17, 15) is 0 Å². The third-order valence-electron chi connectivity index (χ3n) is 2.91. The number of aromatic amines is 1. The summed E-state index contributed by atoms with van der Waals surface area (Å²) >= 11 is 5.16. The quantitative estimate of drug-likeness (QED) is 0.717. The molecule has 0 fully saturated rings. The van der Waals surface area contributed by atoms with Gasteiger partial charge in [-0.25, -0.2) is 9.67 Å². The highest BCUT2D eigenvalue weighted by molar-refractivity contribution is 7.71. The second-order valence-electron chi connectivity index (χ2n) is 4.26. The normalized spacial score (nSPS) is 10.9. The standard InChI is InChI=1S/C13H12N4S/c1-9-2-4-10(5-3-9)7-17-12-11(6-16-17)13(18)15-8-14-12/h2-6,8H,7H2,1H3,(H,14,15,18). The maximum absolute atomic E-state index is 5.16. The zero-order valence-corrected chi connectivity index (χ0v) is 10.7. The van der Waals surface area contributed by atoms with Crippen LogP contribution in [-0.4, -0.2) is 19.7 Å². The van der Waals surface area contributed by atoms with Crippen LogP contribution < -0.4 is 0 Å². The number of fused-ring (bicyclic) bond motifs is 1. The molecule has 2 heterocycles. The average Bonchev–Trinajstić information content (AvgIpc) is 2.77. The van der Waals surface area contributed by atoms with Gasteiger partial charge in [0.05, 0.1) is 24.5 Å². The van der Waals surface area contributed by atoms with Gasteiger partial charge in [0.1, 0.15) is 10.3 Å². The Hall–Kier alpha value is -2.01. The minimum atomic E-state index is 0.582. The van der Waals surface area contributed by atoms with E-state index in [4.69, 9.17) is 12.2 Å². The summed E-state index contributed by atoms with van der Waals surface area (Å²) in [6.45, 7) is 2.80. The van der Waals surface area contributed by atoms with Crippen LogP contribution in [0.15, 0.2) is 36.8 Å². The topological polar surface area (TPSA) is 46.5 Å². The first-order chi connectivity index (χ1) is 8.74. The molecule has 0 saturated heterocycles. The van der Waals surface area contributed by atoms with Gasteiger partial charge in [-0.15, -0.1) is 0 Å². The van der Waals surface area contributed by atoms with Gasteiger partial charge in [0.25, 0.3) is 0 Å². The van der Waals surface area contributed by atoms with E-state index in [1.807, 2.05) is 4.68 Å². The van der Waals surface area contributed by atoms with Gasteiger partial charge in [-0.05, 0) is 12.5 Å². The zero-order valence-electron chi connectivity index (χ0n) is 9.92. The highest BCUT2D eigenvalue weighted by Gasteiger charge is 2.05. The van der Waals surface area contributed by atoms with Crippen molar-refractivity contribution in [3.63, 3.8) is 0 Å². The molecule has 5 heteroatoms. The van der Waals surface area contributed by atoms with Crippen molar-refractivity contribution in [1.29, 1.82) is 0 Å². The fraction of sp³-hybridized carbons (Fsp3) is 0.154. The van der Waals surface area contributed by atoms with Gasteiger partial charge < -0.3 is 4.98 Å². The lowest BCUT2D eigenvalue weighted by Gasteiger charge is -2.04. The highest BCUT2D eigenvalue weighted by atomic mass is 32.1. The van der Waals surface area contributed by atoms with Gasteiger partial charge in [0, 0.05) is 0 Å². The molecule has 3 aromatic rings. The minimum Gasteiger partial charge on any atom is -0.331 e. The summed E-state index contributed by atoms with van der Waals surface area (Å²) in [5, 5.41) is 5.24. The lowest BCUT2D eigenvalue weighted by Crippen LogP contribution is -2.02. The van der Waals surface area contributed by atoms with Crippen molar-refractivity contribution in [3.8, 4) is 0 Å². The summed E-state index contributed by atoms with van der Waals surface area (Å²) in [5.41, 5.74) is 3.38. The van der Waals surface area contributed by atoms with Gasteiger partial charge in [-0.1, -0.05) is 42.0 Å². The summed E-state index contributed by atoms with van der Waals surface area (Å²) in [5.74, 6) is 0. The lowest BCUT2D eigenvalue weighted by atomic mass is 10.1. The number of rotatable bonds is 2. The number of hydrogen-bond acceptors (Lipinski definition) is 3. The summed E-state index contributed by atoms with van der Waals surface area (Å²) in [6, 6.07) is 8.42. The van der Waals surface area contributed by atoms with Crippen molar-refractivity contribution in [2.45, 2.75) is 13.5 Å². The van der Waals surface area contributed by atoms with E-state index in [0.717, 1.165) is 17.6 Å². The van der Waals surface area contributed by atoms with Crippen LogP contribution in [0.5, 0.6) is 0 Å². The first-order valence-electron chi connectivity index (χ1n) is 5.69. The first-order valence-corrected chi connectivity index (χ1v) is 6.09. The van der Waals surface area contributed by atoms with E-state index < -0.39 is 0 Å². The Kier molecular flexibility index (Phi) is 2.68. The molecule has 18 heavy (non-hydrogen) atoms. The predicted molar refractivity (Wildman–Crippen MR) is 73.0 cm³/mol. The number of nitrogens with zero attached hydrogens (tertiary/aromatic N) is 3. The lowest BCUT2D eigenvalue weighted by molar-refractivity contribution is 0.703. The Labute approximate surface area is 109 Å². The maximum Gasteiger partial charge on any atom is 0.140 e. The van der Waals surface area contributed by atoms with E-state index in [1.54, 1.807) is 12.5 Å². The van der Waals surface area contributed by atoms with Gasteiger partial charge in [0.15, 0.2) is 0 Å². The smallest absolute Gasteiger partial charge is 0.140 e. The van der Waals surface area contributed by atoms with Gasteiger partial charge in [-0.2, -0.15) is 5.10 Å². The molecular formula is C13H12N4S. The molecule has 0 bridgehead atoms. The maximum atomic E-state index is 5.16. The Morgan fingerprint density at radius 3 is 2.83 bits per heavy atom. The van der Waals surface area contributed by atoms with Crippen LogP contribution in [0.2, 0.25) is 0 Å². The molecule has 4 nitrogen and oxygen atoms in total. The second-order valence-corrected chi connectivity index (χ2v) is 4.64. The Morgan fingerprint density at radius 1 is 1.28 bits per heavy atom. The average molecular weight is 256 g/mol. The van der Waals surface area contributed by atoms with E-state index in [1.165, 1.54) is 11.1 Å². The van der Waals surface area contributed by atoms with Crippen LogP contribution in [0, 0.1) is 11.6 Å². The summed E-state index contributed by atoms with van der Waals surface area (Å²) in [7, 11) is 0. The van der Waals surface area contributed by atoms with Gasteiger partial charge >= 0.3 is 0 Å². The summed E-state index contributed by atoms with van der Waals surface area (Å²) in [6.07, 6.45) is 3.37. The van der Waals surface area contributed by atoms with Crippen molar-refractivity contribution < 1.29 is 0 Å². The molecule has 0 aliphatic rings. The Bertz CT molecular complexity index is 740. The second kappa shape index (κ2) is 4.34. The van der Waals surface area contributed by atoms with E-state index in [-0.39, 0.29) is 0 Å². The van der Waals surface area contributed by atoms with Gasteiger partial charge in [0.2, 0.25) is 0 Å². The number of hydrogen-bond donors (Lipinski definition) is 1. The molecule has 1 aromatic carbocycles. The molecule has 0 radical (unpaired) electrons. The monoisotopic (exact) mass is 256 g/mol. The molecule has 0 amide bonds. The van der Waals surface area contributed by atoms with Crippen LogP contribution in [0.1, 0.15) is 11.1 Å². The molecule has 0 aliphatic carbocycles. The number of H-pyrrole nitrogens is 1. The van der Waals surface area contributed by atoms with Crippen molar-refractivity contribution in [2.75, 3.05) is 0 Å². The zero-order chi connectivity index (χ0) is 12.5. The molecule has 2 aromatic heterocycles. The predicted octanol–water partition coefficient (Wildman–Crippen LogP) is 2.85. The van der Waals surface area contributed by atoms with Crippen molar-refractivity contribution in [1.82, 2.24) is 19.7 Å². The summed E-state index contributed by atoms with van der Waals surface area (Å²) < 4.78 is 2.48. The molecule has 1 N–H and O–H groups in total. The van der Waals surface area contributed by atoms with Crippen LogP contribution in [0.25, 0.3) is 11.0 Å². The molecule has 0 spiro atoms. The fourth-order valence-electron chi connectivity index (χ4n) is 1.90. The number of benzene rings is 1. The first kappa shape index (κ1) is 11.1. The fourth-order valence-corrected chi connectivity index (χ4v) is 2.10. The SMILES string of the molecule is Cc1ccc(Cn2ncc3c(=S)nc[nH]c32)cc1. The molecule has 90 valence electrons. The largest absolute Gasteiger partial charge is 0.331 e. The van der Waals surface area contributed by atoms with E-state index in [2.05, 4.69) is 46.3 Å². The molecular weight excluding hydrogens is 244 g/mol. The van der Waals surface area contributed by atoms with Crippen molar-refractivity contribution in [3.05, 3.63) is 52.6 Å². The van der Waals surface area contributed by atoms with Gasteiger partial charge in [-0.3, -0.25) is 0 Å². The minimum absolute atomic E-state index is 0.582. The van der Waals surface area contributed by atoms with Crippen LogP contribution >= 0.6 is 12.2 Å². The third-order valence-corrected chi connectivity index (χ3v) is 3.23. The Balaban J connectivity index is 2.03. The van der Waals surface area contributed by atoms with Crippen LogP contribution in [0.3, 0.4) is 0 Å². The summed E-state index contributed by atoms with van der Waals surface area (Å²) in [4.78, 5) is 7.14. The van der Waals surface area contributed by atoms with E-state index >= 15 is 0 Å². The Morgan fingerprint density at radius 2 is 2.06 bits per heavy atom. The van der Waals surface area contributed by atoms with Crippen molar-refractivity contribution in [2.24, 2.45) is 0 Å². The molecule has 0 aliphatic heterocycles. The number of aryl methyl sites for hydroxylation is 1. The van der Waals surface area contributed by atoms with Crippen LogP contribution in [0.4, 0.5) is 0 Å². The molecule has 3 rings (SSSR count). The molecule has 0 unspecified atom stereocenters. The highest BCUT2D eigenvalue weighted by Crippen LogP contribution is 2.13. The number of nitrogens with one attached hydrogen (secondary N) is 1. The van der Waals surface area contributed by atoms with Crippen LogP contribution in [-0.2, 0) is 6.54 Å².